The Morgan fingerprint density at radius 1 is 1.29 bits per heavy atom. The third kappa shape index (κ3) is 12.3. The molecule has 0 aromatic rings. The van der Waals surface area contributed by atoms with E-state index in [1.807, 2.05) is 20.8 Å². The van der Waals surface area contributed by atoms with Gasteiger partial charge in [0.15, 0.2) is 0 Å². The van der Waals surface area contributed by atoms with E-state index in [1.54, 1.807) is 0 Å². The topological polar surface area (TPSA) is 66.4 Å². The first-order valence-corrected chi connectivity index (χ1v) is 3.87. The fourth-order valence-corrected chi connectivity index (χ4v) is 0.472. The molecule has 0 saturated heterocycles. The molecule has 0 N–H and O–H groups in total. The van der Waals surface area contributed by atoms with Gasteiger partial charge in [0, 0.05) is 6.08 Å². The average Bonchev–Trinajstić information content (AvgIpc) is 1.95. The molecule has 0 aromatic carbocycles. The van der Waals surface area contributed by atoms with Crippen molar-refractivity contribution in [1.82, 2.24) is 0 Å². The number of carboxylic acid groups (broad SMARTS) is 1. The number of carbonyl (C=O) groups excluding carboxylic acids is 2. The van der Waals surface area contributed by atoms with Gasteiger partial charge in [-0.25, -0.2) is 4.79 Å². The van der Waals surface area contributed by atoms with Crippen molar-refractivity contribution in [3.8, 4) is 0 Å². The first kappa shape index (κ1) is 16.7. The summed E-state index contributed by atoms with van der Waals surface area (Å²) in [6, 6.07) is 0. The molecule has 0 atom stereocenters. The van der Waals surface area contributed by atoms with Crippen LogP contribution in [0.5, 0.6) is 0 Å². The monoisotopic (exact) mass is 224 g/mol. The Morgan fingerprint density at radius 3 is 2.14 bits per heavy atom. The first-order chi connectivity index (χ1) is 5.81. The van der Waals surface area contributed by atoms with Crippen LogP contribution in [0.25, 0.3) is 0 Å². The molecular formula is C9H13KO4. The summed E-state index contributed by atoms with van der Waals surface area (Å²) in [5.74, 6) is -2.08. The molecule has 0 heterocycles. The number of ether oxygens (including phenoxy) is 1. The third-order valence-electron chi connectivity index (χ3n) is 1.00. The van der Waals surface area contributed by atoms with Gasteiger partial charge in [-0.1, -0.05) is 20.8 Å². The van der Waals surface area contributed by atoms with Crippen molar-refractivity contribution in [2.75, 3.05) is 6.61 Å². The van der Waals surface area contributed by atoms with Crippen molar-refractivity contribution in [1.29, 1.82) is 0 Å². The Labute approximate surface area is 126 Å². The van der Waals surface area contributed by atoms with Gasteiger partial charge in [-0.3, -0.25) is 0 Å². The standard InChI is InChI=1S/C9H14O4.K/c1-9(2,3)6-13-8(12)5-4-7(10)11;/h4-5H,6H2,1-3H3,(H,10,11);/q;+1/p-1/b5-4+;. The molecule has 0 unspecified atom stereocenters. The van der Waals surface area contributed by atoms with Crippen molar-refractivity contribution in [2.24, 2.45) is 5.41 Å². The number of hydrogen-bond acceptors (Lipinski definition) is 4. The molecule has 0 radical (unpaired) electrons. The van der Waals surface area contributed by atoms with Gasteiger partial charge in [0.25, 0.3) is 0 Å². The van der Waals surface area contributed by atoms with Gasteiger partial charge in [0.2, 0.25) is 0 Å². The predicted octanol–water partition coefficient (Wildman–Crippen LogP) is -3.11. The molecule has 4 nitrogen and oxygen atoms in total. The van der Waals surface area contributed by atoms with Crippen molar-refractivity contribution in [3.05, 3.63) is 12.2 Å². The summed E-state index contributed by atoms with van der Waals surface area (Å²) in [7, 11) is 0. The van der Waals surface area contributed by atoms with Crippen molar-refractivity contribution >= 4 is 11.9 Å². The van der Waals surface area contributed by atoms with Gasteiger partial charge < -0.3 is 14.6 Å². The average molecular weight is 224 g/mol. The van der Waals surface area contributed by atoms with Crippen LogP contribution in [0.15, 0.2) is 12.2 Å². The second-order valence-electron chi connectivity index (χ2n) is 3.82. The van der Waals surface area contributed by atoms with Gasteiger partial charge in [-0.05, 0) is 11.5 Å². The minimum Gasteiger partial charge on any atom is -0.545 e. The van der Waals surface area contributed by atoms with E-state index < -0.39 is 11.9 Å². The molecule has 5 heteroatoms. The molecule has 0 aromatic heterocycles. The van der Waals surface area contributed by atoms with Gasteiger partial charge in [-0.15, -0.1) is 0 Å². The van der Waals surface area contributed by atoms with E-state index in [4.69, 9.17) is 4.74 Å². The van der Waals surface area contributed by atoms with E-state index in [1.165, 1.54) is 0 Å². The number of carbonyl (C=O) groups is 2. The van der Waals surface area contributed by atoms with Gasteiger partial charge >= 0.3 is 57.4 Å². The summed E-state index contributed by atoms with van der Waals surface area (Å²) in [4.78, 5) is 20.7. The second-order valence-corrected chi connectivity index (χ2v) is 3.82. The molecule has 0 aliphatic heterocycles. The zero-order valence-corrected chi connectivity index (χ0v) is 12.1. The fraction of sp³-hybridized carbons (Fsp3) is 0.556. The summed E-state index contributed by atoms with van der Waals surface area (Å²) < 4.78 is 4.74. The summed E-state index contributed by atoms with van der Waals surface area (Å²) in [6.45, 7) is 5.97. The third-order valence-corrected chi connectivity index (χ3v) is 1.00. The molecule has 0 aliphatic rings. The maximum absolute atomic E-state index is 10.8. The van der Waals surface area contributed by atoms with E-state index in [-0.39, 0.29) is 63.4 Å². The zero-order valence-electron chi connectivity index (χ0n) is 8.99. The Morgan fingerprint density at radius 2 is 1.79 bits per heavy atom. The number of esters is 1. The molecule has 0 aliphatic carbocycles. The molecule has 0 fully saturated rings. The minimum atomic E-state index is -1.41. The molecule has 0 spiro atoms. The van der Waals surface area contributed by atoms with Crippen LogP contribution in [0.2, 0.25) is 0 Å². The van der Waals surface area contributed by atoms with Gasteiger partial charge in [-0.2, -0.15) is 0 Å². The van der Waals surface area contributed by atoms with Crippen LogP contribution >= 0.6 is 0 Å². The van der Waals surface area contributed by atoms with Crippen molar-refractivity contribution in [3.63, 3.8) is 0 Å². The first-order valence-electron chi connectivity index (χ1n) is 3.87. The second kappa shape index (κ2) is 7.59. The largest absolute Gasteiger partial charge is 1.00 e. The summed E-state index contributed by atoms with van der Waals surface area (Å²) in [6.07, 6.45) is 1.48. The van der Waals surface area contributed by atoms with E-state index in [9.17, 15) is 14.7 Å². The Kier molecular flexibility index (Phi) is 9.07. The minimum absolute atomic E-state index is 0. The van der Waals surface area contributed by atoms with E-state index in [0.29, 0.717) is 6.08 Å². The summed E-state index contributed by atoms with van der Waals surface area (Å²) >= 11 is 0. The number of rotatable bonds is 3. The molecule has 0 saturated carbocycles. The Balaban J connectivity index is 0. The van der Waals surface area contributed by atoms with Crippen LogP contribution in [0.4, 0.5) is 0 Å². The van der Waals surface area contributed by atoms with E-state index in [0.717, 1.165) is 6.08 Å². The maximum Gasteiger partial charge on any atom is 1.00 e. The van der Waals surface area contributed by atoms with Gasteiger partial charge in [0.05, 0.1) is 12.6 Å². The van der Waals surface area contributed by atoms with Crippen LogP contribution in [0.3, 0.4) is 0 Å². The number of carboxylic acids is 1. The normalized spacial score (nSPS) is 10.8. The molecule has 0 amide bonds. The van der Waals surface area contributed by atoms with Crippen molar-refractivity contribution in [2.45, 2.75) is 20.8 Å². The number of aliphatic carboxylic acids is 1. The SMILES string of the molecule is CC(C)(C)COC(=O)/C=C/C(=O)[O-].[K+]. The van der Waals surface area contributed by atoms with Crippen molar-refractivity contribution < 1.29 is 70.8 Å². The van der Waals surface area contributed by atoms with Gasteiger partial charge in [0.1, 0.15) is 0 Å². The van der Waals surface area contributed by atoms with E-state index >= 15 is 0 Å². The zero-order chi connectivity index (χ0) is 10.5. The van der Waals surface area contributed by atoms with E-state index in [2.05, 4.69) is 0 Å². The number of hydrogen-bond donors (Lipinski definition) is 0. The van der Waals surface area contributed by atoms with Crippen LogP contribution in [-0.2, 0) is 14.3 Å². The predicted molar refractivity (Wildman–Crippen MR) is 44.6 cm³/mol. The quantitative estimate of drug-likeness (QED) is 0.289. The molecule has 14 heavy (non-hydrogen) atoms. The van der Waals surface area contributed by atoms with Crippen LogP contribution in [-0.4, -0.2) is 18.5 Å². The Bertz CT molecular complexity index is 227. The summed E-state index contributed by atoms with van der Waals surface area (Å²) in [5.41, 5.74) is -0.120. The Hall–Kier alpha value is 0.316. The van der Waals surface area contributed by atoms with Crippen LogP contribution in [0.1, 0.15) is 20.8 Å². The maximum atomic E-state index is 10.8. The molecular weight excluding hydrogens is 211 g/mol. The fourth-order valence-electron chi connectivity index (χ4n) is 0.472. The molecule has 0 bridgehead atoms. The molecule has 74 valence electrons. The summed E-state index contributed by atoms with van der Waals surface area (Å²) in [5, 5.41) is 9.90. The van der Waals surface area contributed by atoms with Crippen LogP contribution < -0.4 is 56.5 Å². The molecule has 0 rings (SSSR count). The van der Waals surface area contributed by atoms with Crippen LogP contribution in [0, 0.1) is 5.41 Å². The smallest absolute Gasteiger partial charge is 0.545 e.